The molecule has 0 saturated carbocycles. The van der Waals surface area contributed by atoms with Crippen LogP contribution in [0.1, 0.15) is 0 Å². The second kappa shape index (κ2) is 5.59. The Morgan fingerprint density at radius 2 is 2.04 bits per heavy atom. The van der Waals surface area contributed by atoms with Gasteiger partial charge in [-0.1, -0.05) is 30.3 Å². The number of fused-ring (bicyclic) bond motifs is 1. The van der Waals surface area contributed by atoms with Gasteiger partial charge < -0.3 is 10.5 Å². The van der Waals surface area contributed by atoms with E-state index in [1.165, 1.54) is 11.6 Å². The summed E-state index contributed by atoms with van der Waals surface area (Å²) in [5.74, 6) is 0.338. The lowest BCUT2D eigenvalue weighted by atomic mass is 10.1. The highest BCUT2D eigenvalue weighted by Crippen LogP contribution is 2.26. The van der Waals surface area contributed by atoms with Crippen molar-refractivity contribution in [1.82, 2.24) is 9.78 Å². The van der Waals surface area contributed by atoms with Crippen molar-refractivity contribution in [3.8, 4) is 11.1 Å². The van der Waals surface area contributed by atoms with Crippen molar-refractivity contribution in [3.05, 3.63) is 59.3 Å². The first-order valence-corrected chi connectivity index (χ1v) is 9.47. The number of anilines is 1. The van der Waals surface area contributed by atoms with Gasteiger partial charge in [-0.3, -0.25) is 4.68 Å². The number of nitrogens with zero attached hydrogens (tertiary/aromatic N) is 3. The van der Waals surface area contributed by atoms with Crippen LogP contribution in [0.3, 0.4) is 0 Å². The molecule has 128 valence electrons. The molecular formula is C17H16N4O3S. The molecule has 0 spiro atoms. The van der Waals surface area contributed by atoms with E-state index in [1.807, 2.05) is 36.4 Å². The van der Waals surface area contributed by atoms with Gasteiger partial charge in [0.1, 0.15) is 5.52 Å². The number of hydrogen-bond acceptors (Lipinski definition) is 5. The average Bonchev–Trinajstić information content (AvgIpc) is 3.08. The third-order valence-corrected chi connectivity index (χ3v) is 5.59. The third-order valence-electron chi connectivity index (χ3n) is 4.19. The molecule has 1 aliphatic heterocycles. The Hall–Kier alpha value is -2.87. The summed E-state index contributed by atoms with van der Waals surface area (Å²) in [6.07, 6.45) is 3.08. The van der Waals surface area contributed by atoms with Gasteiger partial charge in [0, 0.05) is 18.0 Å². The largest absolute Gasteiger partial charge is 0.618 e. The molecule has 8 heteroatoms. The zero-order valence-corrected chi connectivity index (χ0v) is 14.3. The van der Waals surface area contributed by atoms with Crippen molar-refractivity contribution in [2.24, 2.45) is 7.05 Å². The van der Waals surface area contributed by atoms with Crippen LogP contribution in [0.2, 0.25) is 0 Å². The smallest absolute Gasteiger partial charge is 0.286 e. The Morgan fingerprint density at radius 1 is 1.28 bits per heavy atom. The minimum Gasteiger partial charge on any atom is -0.618 e. The molecular weight excluding hydrogens is 340 g/mol. The van der Waals surface area contributed by atoms with Crippen LogP contribution in [0.15, 0.2) is 54.1 Å². The molecule has 1 N–H and O–H groups in total. The molecule has 3 heterocycles. The van der Waals surface area contributed by atoms with Gasteiger partial charge in [-0.15, -0.1) is 5.10 Å². The van der Waals surface area contributed by atoms with Gasteiger partial charge in [0.15, 0.2) is 16.0 Å². The van der Waals surface area contributed by atoms with Crippen LogP contribution in [-0.2, 0) is 16.9 Å². The topological polar surface area (TPSA) is 90.9 Å². The molecule has 0 bridgehead atoms. The molecule has 0 fully saturated rings. The molecule has 7 nitrogen and oxygen atoms in total. The fraction of sp³-hybridized carbons (Fsp3) is 0.176. The fourth-order valence-electron chi connectivity index (χ4n) is 3.01. The lowest BCUT2D eigenvalue weighted by Crippen LogP contribution is -2.29. The molecule has 0 amide bonds. The number of hydrogen-bond donors (Lipinski definition) is 1. The third kappa shape index (κ3) is 2.85. The summed E-state index contributed by atoms with van der Waals surface area (Å²) in [7, 11) is -1.42. The molecule has 3 aromatic rings. The quantitative estimate of drug-likeness (QED) is 0.568. The highest BCUT2D eigenvalue weighted by Gasteiger charge is 2.26. The van der Waals surface area contributed by atoms with Gasteiger partial charge >= 0.3 is 0 Å². The molecule has 1 aliphatic rings. The van der Waals surface area contributed by atoms with Crippen LogP contribution in [0.4, 0.5) is 5.82 Å². The summed E-state index contributed by atoms with van der Waals surface area (Å²) < 4.78 is 25.5. The fourth-order valence-corrected chi connectivity index (χ4v) is 4.24. The Balaban J connectivity index is 1.77. The van der Waals surface area contributed by atoms with Crippen molar-refractivity contribution in [2.45, 2.75) is 6.04 Å². The minimum atomic E-state index is -3.18. The highest BCUT2D eigenvalue weighted by molar-refractivity contribution is 7.94. The van der Waals surface area contributed by atoms with Crippen LogP contribution >= 0.6 is 0 Å². The second-order valence-electron chi connectivity index (χ2n) is 6.04. The number of rotatable bonds is 3. The zero-order chi connectivity index (χ0) is 17.6. The summed E-state index contributed by atoms with van der Waals surface area (Å²) in [4.78, 5) is 0. The van der Waals surface area contributed by atoms with E-state index in [4.69, 9.17) is 0 Å². The van der Waals surface area contributed by atoms with Gasteiger partial charge in [0.05, 0.1) is 11.8 Å². The molecule has 25 heavy (non-hydrogen) atoms. The summed E-state index contributed by atoms with van der Waals surface area (Å²) in [6, 6.07) is 11.1. The maximum Gasteiger partial charge on any atom is 0.286 e. The first-order valence-electron chi connectivity index (χ1n) is 7.76. The van der Waals surface area contributed by atoms with Crippen molar-refractivity contribution in [1.29, 1.82) is 0 Å². The Morgan fingerprint density at radius 3 is 2.72 bits per heavy atom. The first kappa shape index (κ1) is 15.6. The summed E-state index contributed by atoms with van der Waals surface area (Å²) in [5.41, 5.74) is 2.79. The highest BCUT2D eigenvalue weighted by atomic mass is 32.2. The van der Waals surface area contributed by atoms with Crippen LogP contribution in [0.25, 0.3) is 22.2 Å². The number of pyridine rings is 1. The van der Waals surface area contributed by atoms with Crippen molar-refractivity contribution < 1.29 is 13.1 Å². The molecule has 0 unspecified atom stereocenters. The standard InChI is InChI=1S/C17H16N4O3S/c1-20-15-9-13(12-5-3-2-4-6-12)10-21(22)16(15)17(19-20)18-14-7-8-25(23,24)11-14/h2-10,14H,11H2,1H3,(H,18,19)/t14-/m1/s1. The summed E-state index contributed by atoms with van der Waals surface area (Å²) in [6.45, 7) is 0. The molecule has 4 rings (SSSR count). The molecule has 1 atom stereocenters. The van der Waals surface area contributed by atoms with Crippen LogP contribution in [0, 0.1) is 5.21 Å². The van der Waals surface area contributed by atoms with Gasteiger partial charge in [-0.2, -0.15) is 4.73 Å². The van der Waals surface area contributed by atoms with Crippen LogP contribution < -0.4 is 10.0 Å². The van der Waals surface area contributed by atoms with Gasteiger partial charge in [0.2, 0.25) is 5.82 Å². The minimum absolute atomic E-state index is 0.0357. The van der Waals surface area contributed by atoms with E-state index in [1.54, 1.807) is 17.8 Å². The van der Waals surface area contributed by atoms with Crippen LogP contribution in [0.5, 0.6) is 0 Å². The normalized spacial score (nSPS) is 18.7. The van der Waals surface area contributed by atoms with E-state index >= 15 is 0 Å². The monoisotopic (exact) mass is 356 g/mol. The lowest BCUT2D eigenvalue weighted by molar-refractivity contribution is -0.575. The Kier molecular flexibility index (Phi) is 3.50. The Bertz CT molecular complexity index is 1090. The molecule has 0 saturated heterocycles. The van der Waals surface area contributed by atoms with E-state index in [-0.39, 0.29) is 5.75 Å². The maximum absolute atomic E-state index is 12.6. The number of sulfone groups is 1. The van der Waals surface area contributed by atoms with Gasteiger partial charge in [0.25, 0.3) is 5.52 Å². The van der Waals surface area contributed by atoms with Crippen molar-refractivity contribution in [3.63, 3.8) is 0 Å². The zero-order valence-electron chi connectivity index (χ0n) is 13.5. The van der Waals surface area contributed by atoms with Gasteiger partial charge in [-0.25, -0.2) is 8.42 Å². The van der Waals surface area contributed by atoms with E-state index in [2.05, 4.69) is 10.4 Å². The SMILES string of the molecule is Cn1nc(N[C@@H]2C=CS(=O)(=O)C2)c2c1cc(-c1ccccc1)c[n+]2[O-]. The summed E-state index contributed by atoms with van der Waals surface area (Å²) >= 11 is 0. The average molecular weight is 356 g/mol. The van der Waals surface area contributed by atoms with E-state index in [9.17, 15) is 13.6 Å². The number of benzene rings is 1. The predicted molar refractivity (Wildman–Crippen MR) is 95.4 cm³/mol. The maximum atomic E-state index is 12.6. The lowest BCUT2D eigenvalue weighted by Gasteiger charge is -2.09. The van der Waals surface area contributed by atoms with E-state index < -0.39 is 15.9 Å². The van der Waals surface area contributed by atoms with Crippen LogP contribution in [-0.4, -0.2) is 30.0 Å². The molecule has 2 aromatic heterocycles. The first-order chi connectivity index (χ1) is 11.9. The number of nitrogens with one attached hydrogen (secondary N) is 1. The second-order valence-corrected chi connectivity index (χ2v) is 7.97. The number of aryl methyl sites for hydroxylation is 1. The number of aromatic nitrogens is 3. The predicted octanol–water partition coefficient (Wildman–Crippen LogP) is 1.60. The van der Waals surface area contributed by atoms with Gasteiger partial charge in [-0.05, 0) is 17.7 Å². The summed E-state index contributed by atoms with van der Waals surface area (Å²) in [5, 5.41) is 21.2. The van der Waals surface area contributed by atoms with Crippen molar-refractivity contribution in [2.75, 3.05) is 11.1 Å². The Labute approximate surface area is 144 Å². The van der Waals surface area contributed by atoms with E-state index in [0.29, 0.717) is 16.9 Å². The van der Waals surface area contributed by atoms with Crippen molar-refractivity contribution >= 4 is 26.7 Å². The molecule has 1 aromatic carbocycles. The molecule has 0 aliphatic carbocycles. The molecule has 0 radical (unpaired) electrons. The van der Waals surface area contributed by atoms with E-state index in [0.717, 1.165) is 15.9 Å².